The second-order valence-corrected chi connectivity index (χ2v) is 6.85. The maximum atomic E-state index is 12.1. The van der Waals surface area contributed by atoms with Crippen LogP contribution in [0.15, 0.2) is 24.3 Å². The van der Waals surface area contributed by atoms with E-state index in [1.165, 1.54) is 0 Å². The Kier molecular flexibility index (Phi) is 3.23. The summed E-state index contributed by atoms with van der Waals surface area (Å²) in [6.07, 6.45) is 1.51. The van der Waals surface area contributed by atoms with Crippen LogP contribution in [0, 0.1) is 0 Å². The topological polar surface area (TPSA) is 53.6 Å². The van der Waals surface area contributed by atoms with Crippen molar-refractivity contribution in [1.29, 1.82) is 0 Å². The first-order valence-corrected chi connectivity index (χ1v) is 7.50. The average molecular weight is 289 g/mol. The van der Waals surface area contributed by atoms with E-state index in [0.29, 0.717) is 13.1 Å². The predicted octanol–water partition coefficient (Wildman–Crippen LogP) is 3.25. The van der Waals surface area contributed by atoms with Crippen LogP contribution < -0.4 is 10.6 Å². The third-order valence-corrected chi connectivity index (χ3v) is 3.94. The second-order valence-electron chi connectivity index (χ2n) is 6.85. The highest BCUT2D eigenvalue weighted by Gasteiger charge is 2.40. The Morgan fingerprint density at radius 2 is 1.67 bits per heavy atom. The van der Waals surface area contributed by atoms with Crippen LogP contribution in [0.2, 0.25) is 0 Å². The number of hydrogen-bond donors (Lipinski definition) is 2. The molecule has 2 aliphatic rings. The van der Waals surface area contributed by atoms with Gasteiger partial charge >= 0.3 is 6.09 Å². The Bertz CT molecular complexity index is 516. The number of likely N-dealkylation sites (tertiary alicyclic amines) is 1. The molecule has 0 radical (unpaired) electrons. The van der Waals surface area contributed by atoms with Gasteiger partial charge in [0.25, 0.3) is 0 Å². The fourth-order valence-electron chi connectivity index (χ4n) is 2.90. The Labute approximate surface area is 125 Å². The summed E-state index contributed by atoms with van der Waals surface area (Å²) in [7, 11) is 0. The van der Waals surface area contributed by atoms with Gasteiger partial charge in [-0.05, 0) is 32.9 Å². The van der Waals surface area contributed by atoms with Crippen LogP contribution in [-0.4, -0.2) is 35.3 Å². The fraction of sp³-hybridized carbons (Fsp3) is 0.562. The largest absolute Gasteiger partial charge is 0.444 e. The smallest absolute Gasteiger partial charge is 0.410 e. The summed E-state index contributed by atoms with van der Waals surface area (Å²) < 4.78 is 5.44. The van der Waals surface area contributed by atoms with Crippen LogP contribution in [0.3, 0.4) is 0 Å². The van der Waals surface area contributed by atoms with Gasteiger partial charge < -0.3 is 20.3 Å². The number of fused-ring (bicyclic) bond motifs is 1. The molecule has 1 aromatic rings. The Morgan fingerprint density at radius 1 is 1.14 bits per heavy atom. The van der Waals surface area contributed by atoms with Crippen molar-refractivity contribution in [3.63, 3.8) is 0 Å². The monoisotopic (exact) mass is 289 g/mol. The normalized spacial score (nSPS) is 19.7. The quantitative estimate of drug-likeness (QED) is 0.770. The Morgan fingerprint density at radius 3 is 2.14 bits per heavy atom. The molecule has 1 spiro atoms. The molecule has 2 heterocycles. The molecule has 21 heavy (non-hydrogen) atoms. The summed E-state index contributed by atoms with van der Waals surface area (Å²) in [6.45, 7) is 7.08. The first kappa shape index (κ1) is 14.0. The molecule has 5 nitrogen and oxygen atoms in total. The molecule has 0 aliphatic carbocycles. The zero-order valence-corrected chi connectivity index (χ0v) is 12.9. The van der Waals surface area contributed by atoms with Crippen LogP contribution in [0.25, 0.3) is 0 Å². The van der Waals surface area contributed by atoms with E-state index in [2.05, 4.69) is 22.8 Å². The molecule has 0 bridgehead atoms. The minimum atomic E-state index is -0.438. The molecule has 0 saturated carbocycles. The molecule has 1 amide bonds. The van der Waals surface area contributed by atoms with Gasteiger partial charge in [0.2, 0.25) is 0 Å². The zero-order chi connectivity index (χ0) is 15.1. The first-order valence-electron chi connectivity index (χ1n) is 7.50. The molecule has 5 heteroatoms. The van der Waals surface area contributed by atoms with E-state index >= 15 is 0 Å². The molecule has 2 N–H and O–H groups in total. The number of nitrogens with one attached hydrogen (secondary N) is 2. The van der Waals surface area contributed by atoms with Gasteiger partial charge in [-0.1, -0.05) is 12.1 Å². The maximum absolute atomic E-state index is 12.1. The van der Waals surface area contributed by atoms with E-state index in [-0.39, 0.29) is 11.8 Å². The van der Waals surface area contributed by atoms with Crippen molar-refractivity contribution >= 4 is 17.5 Å². The molecule has 114 valence electrons. The first-order chi connectivity index (χ1) is 9.87. The second kappa shape index (κ2) is 4.83. The Hall–Kier alpha value is -1.91. The maximum Gasteiger partial charge on any atom is 0.410 e. The number of anilines is 2. The van der Waals surface area contributed by atoms with Crippen LogP contribution in [-0.2, 0) is 4.74 Å². The highest BCUT2D eigenvalue weighted by Crippen LogP contribution is 2.38. The van der Waals surface area contributed by atoms with E-state index in [1.54, 1.807) is 4.90 Å². The van der Waals surface area contributed by atoms with Crippen molar-refractivity contribution in [2.75, 3.05) is 23.7 Å². The highest BCUT2D eigenvalue weighted by atomic mass is 16.6. The van der Waals surface area contributed by atoms with Crippen molar-refractivity contribution in [3.8, 4) is 0 Å². The predicted molar refractivity (Wildman–Crippen MR) is 83.5 cm³/mol. The van der Waals surface area contributed by atoms with E-state index < -0.39 is 5.60 Å². The lowest BCUT2D eigenvalue weighted by Gasteiger charge is -2.40. The van der Waals surface area contributed by atoms with Crippen molar-refractivity contribution in [2.24, 2.45) is 0 Å². The number of hydrogen-bond acceptors (Lipinski definition) is 4. The minimum Gasteiger partial charge on any atom is -0.444 e. The summed E-state index contributed by atoms with van der Waals surface area (Å²) in [5, 5.41) is 7.14. The molecule has 0 atom stereocenters. The molecule has 1 aromatic carbocycles. The van der Waals surface area contributed by atoms with Gasteiger partial charge in [0.15, 0.2) is 0 Å². The van der Waals surface area contributed by atoms with Crippen LogP contribution in [0.4, 0.5) is 16.2 Å². The summed E-state index contributed by atoms with van der Waals surface area (Å²) in [6, 6.07) is 8.22. The van der Waals surface area contributed by atoms with Crippen LogP contribution in [0.5, 0.6) is 0 Å². The number of nitrogens with zero attached hydrogens (tertiary/aromatic N) is 1. The molecular weight excluding hydrogens is 266 g/mol. The lowest BCUT2D eigenvalue weighted by atomic mass is 9.98. The van der Waals surface area contributed by atoms with Gasteiger partial charge in [0.05, 0.1) is 11.4 Å². The Balaban J connectivity index is 1.61. The number of ether oxygens (including phenoxy) is 1. The number of benzene rings is 1. The lowest BCUT2D eigenvalue weighted by molar-refractivity contribution is 0.0188. The van der Waals surface area contributed by atoms with Gasteiger partial charge in [-0.3, -0.25) is 0 Å². The molecule has 2 aliphatic heterocycles. The summed E-state index contributed by atoms with van der Waals surface area (Å²) in [5.41, 5.74) is 1.72. The van der Waals surface area contributed by atoms with Gasteiger partial charge in [0, 0.05) is 25.9 Å². The summed E-state index contributed by atoms with van der Waals surface area (Å²) in [4.78, 5) is 13.9. The number of piperidine rings is 1. The highest BCUT2D eigenvalue weighted by molar-refractivity contribution is 5.76. The van der Waals surface area contributed by atoms with Crippen molar-refractivity contribution in [2.45, 2.75) is 44.9 Å². The van der Waals surface area contributed by atoms with Crippen molar-refractivity contribution in [1.82, 2.24) is 4.90 Å². The van der Waals surface area contributed by atoms with E-state index in [1.807, 2.05) is 32.9 Å². The molecule has 1 saturated heterocycles. The molecule has 1 fully saturated rings. The lowest BCUT2D eigenvalue weighted by Crippen LogP contribution is -2.53. The van der Waals surface area contributed by atoms with Crippen LogP contribution in [0.1, 0.15) is 33.6 Å². The third kappa shape index (κ3) is 2.91. The van der Waals surface area contributed by atoms with Gasteiger partial charge in [-0.25, -0.2) is 4.79 Å². The summed E-state index contributed by atoms with van der Waals surface area (Å²) in [5.74, 6) is 0. The fourth-order valence-corrected chi connectivity index (χ4v) is 2.90. The van der Waals surface area contributed by atoms with Crippen molar-refractivity contribution < 1.29 is 9.53 Å². The number of rotatable bonds is 0. The minimum absolute atomic E-state index is 0.123. The molecule has 3 rings (SSSR count). The van der Waals surface area contributed by atoms with E-state index in [0.717, 1.165) is 24.2 Å². The van der Waals surface area contributed by atoms with Crippen molar-refractivity contribution in [3.05, 3.63) is 24.3 Å². The van der Waals surface area contributed by atoms with Gasteiger partial charge in [-0.15, -0.1) is 0 Å². The van der Waals surface area contributed by atoms with E-state index in [4.69, 9.17) is 4.74 Å². The average Bonchev–Trinajstić information content (AvgIpc) is 2.75. The zero-order valence-electron chi connectivity index (χ0n) is 12.9. The van der Waals surface area contributed by atoms with E-state index in [9.17, 15) is 4.79 Å². The van der Waals surface area contributed by atoms with Gasteiger partial charge in [-0.2, -0.15) is 0 Å². The third-order valence-electron chi connectivity index (χ3n) is 3.94. The molecule has 0 unspecified atom stereocenters. The molecular formula is C16H23N3O2. The number of carbonyl (C=O) groups excluding carboxylic acids is 1. The molecule has 0 aromatic heterocycles. The van der Waals surface area contributed by atoms with Crippen LogP contribution >= 0.6 is 0 Å². The number of amides is 1. The summed E-state index contributed by atoms with van der Waals surface area (Å²) >= 11 is 0. The van der Waals surface area contributed by atoms with Gasteiger partial charge in [0.1, 0.15) is 11.3 Å². The standard InChI is InChI=1S/C16H23N3O2/c1-15(2,3)21-14(20)19-10-8-16(9-11-19)17-12-6-4-5-7-13(12)18-16/h4-7,17-18H,8-11H2,1-3H3. The number of para-hydroxylation sites is 2. The number of carbonyl (C=O) groups is 1. The SMILES string of the molecule is CC(C)(C)OC(=O)N1CCC2(CC1)Nc1ccccc1N2.